The molecule has 4 aromatic heterocycles. The first-order chi connectivity index (χ1) is 17.7. The summed E-state index contributed by atoms with van der Waals surface area (Å²) in [6.45, 7) is 1.69. The molecule has 4 heterocycles. The van der Waals surface area contributed by atoms with Crippen LogP contribution in [0, 0.1) is 0 Å². The second-order valence-corrected chi connectivity index (χ2v) is 8.40. The highest BCUT2D eigenvalue weighted by molar-refractivity contribution is 6.11. The predicted octanol–water partition coefficient (Wildman–Crippen LogP) is 4.97. The second-order valence-electron chi connectivity index (χ2n) is 8.40. The van der Waals surface area contributed by atoms with Gasteiger partial charge in [-0.2, -0.15) is 13.2 Å². The van der Waals surface area contributed by atoms with Gasteiger partial charge in [0.15, 0.2) is 0 Å². The standard InChI is InChI=1S/C26H20F3N7O/c1-15(24-32-8-2-9-33-24)36(14-18-5-4-17(12-34-18)26(27,28)29)25(37)16-3-6-22-20(11-16)21-13-31-10-7-19(21)23(30)35-22/h2-13,15H,14H2,1H3,(H2,30,35). The van der Waals surface area contributed by atoms with E-state index in [1.807, 2.05) is 0 Å². The van der Waals surface area contributed by atoms with Crippen molar-refractivity contribution in [3.8, 4) is 0 Å². The molecule has 0 fully saturated rings. The number of carbonyl (C=O) groups is 1. The lowest BCUT2D eigenvalue weighted by molar-refractivity contribution is -0.137. The Hall–Kier alpha value is -4.67. The molecule has 0 saturated carbocycles. The van der Waals surface area contributed by atoms with Gasteiger partial charge in [-0.3, -0.25) is 14.8 Å². The molecule has 5 aromatic rings. The van der Waals surface area contributed by atoms with Gasteiger partial charge in [-0.05, 0) is 49.4 Å². The lowest BCUT2D eigenvalue weighted by Gasteiger charge is -2.28. The molecule has 0 aliphatic carbocycles. The molecule has 1 aromatic carbocycles. The third kappa shape index (κ3) is 4.75. The molecular formula is C26H20F3N7O. The summed E-state index contributed by atoms with van der Waals surface area (Å²) < 4.78 is 39.0. The van der Waals surface area contributed by atoms with Crippen molar-refractivity contribution < 1.29 is 18.0 Å². The molecule has 0 radical (unpaired) electrons. The molecule has 37 heavy (non-hydrogen) atoms. The number of nitrogens with two attached hydrogens (primary N) is 1. The van der Waals surface area contributed by atoms with Gasteiger partial charge in [-0.15, -0.1) is 0 Å². The number of nitrogen functional groups attached to an aromatic ring is 1. The van der Waals surface area contributed by atoms with Gasteiger partial charge >= 0.3 is 6.18 Å². The Bertz CT molecular complexity index is 1590. The predicted molar refractivity (Wildman–Crippen MR) is 131 cm³/mol. The number of alkyl halides is 3. The zero-order valence-electron chi connectivity index (χ0n) is 19.5. The van der Waals surface area contributed by atoms with Crippen LogP contribution in [0.15, 0.2) is 73.4 Å². The van der Waals surface area contributed by atoms with Gasteiger partial charge in [0.1, 0.15) is 11.6 Å². The van der Waals surface area contributed by atoms with E-state index >= 15 is 0 Å². The maximum Gasteiger partial charge on any atom is 0.417 e. The molecule has 11 heteroatoms. The van der Waals surface area contributed by atoms with Crippen molar-refractivity contribution in [3.05, 3.63) is 96.1 Å². The third-order valence-electron chi connectivity index (χ3n) is 6.04. The molecule has 1 amide bonds. The van der Waals surface area contributed by atoms with Crippen LogP contribution in [-0.2, 0) is 12.7 Å². The van der Waals surface area contributed by atoms with Crippen LogP contribution in [0.5, 0.6) is 0 Å². The van der Waals surface area contributed by atoms with Crippen molar-refractivity contribution in [2.75, 3.05) is 5.73 Å². The van der Waals surface area contributed by atoms with Crippen molar-refractivity contribution in [1.82, 2.24) is 29.8 Å². The quantitative estimate of drug-likeness (QED) is 0.337. The number of benzene rings is 1. The van der Waals surface area contributed by atoms with Crippen LogP contribution in [-0.4, -0.2) is 35.7 Å². The number of fused-ring (bicyclic) bond motifs is 3. The van der Waals surface area contributed by atoms with Crippen molar-refractivity contribution in [2.45, 2.75) is 25.7 Å². The number of aromatic nitrogens is 5. The average Bonchev–Trinajstić information content (AvgIpc) is 2.91. The van der Waals surface area contributed by atoms with E-state index in [4.69, 9.17) is 5.73 Å². The zero-order chi connectivity index (χ0) is 26.2. The number of halogens is 3. The minimum Gasteiger partial charge on any atom is -0.383 e. The van der Waals surface area contributed by atoms with Crippen LogP contribution in [0.25, 0.3) is 21.7 Å². The van der Waals surface area contributed by atoms with E-state index in [-0.39, 0.29) is 18.1 Å². The molecule has 2 N–H and O–H groups in total. The number of carbonyl (C=O) groups excluding carboxylic acids is 1. The second kappa shape index (κ2) is 9.41. The van der Waals surface area contributed by atoms with E-state index in [2.05, 4.69) is 24.9 Å². The molecule has 1 unspecified atom stereocenters. The largest absolute Gasteiger partial charge is 0.417 e. The number of amides is 1. The Kier molecular flexibility index (Phi) is 6.12. The zero-order valence-corrected chi connectivity index (χ0v) is 19.5. The lowest BCUT2D eigenvalue weighted by Crippen LogP contribution is -2.34. The van der Waals surface area contributed by atoms with Gasteiger partial charge in [0.05, 0.1) is 29.4 Å². The number of anilines is 1. The first-order valence-corrected chi connectivity index (χ1v) is 11.3. The average molecular weight is 503 g/mol. The Labute approximate surface area is 209 Å². The van der Waals surface area contributed by atoms with E-state index in [1.165, 1.54) is 11.0 Å². The summed E-state index contributed by atoms with van der Waals surface area (Å²) in [7, 11) is 0. The molecule has 0 saturated heterocycles. The highest BCUT2D eigenvalue weighted by Gasteiger charge is 2.31. The fourth-order valence-corrected chi connectivity index (χ4v) is 4.08. The van der Waals surface area contributed by atoms with Crippen molar-refractivity contribution >= 4 is 33.4 Å². The minimum atomic E-state index is -4.51. The number of hydrogen-bond donors (Lipinski definition) is 1. The van der Waals surface area contributed by atoms with E-state index in [1.54, 1.807) is 62.0 Å². The van der Waals surface area contributed by atoms with Crippen molar-refractivity contribution in [1.29, 1.82) is 0 Å². The Morgan fingerprint density at radius 2 is 1.76 bits per heavy atom. The SMILES string of the molecule is CC(c1ncccn1)N(Cc1ccc(C(F)(F)F)cn1)C(=O)c1ccc2nc(N)c3ccncc3c2c1. The molecule has 5 rings (SSSR count). The van der Waals surface area contributed by atoms with Gasteiger partial charge in [0.2, 0.25) is 0 Å². The smallest absolute Gasteiger partial charge is 0.383 e. The Morgan fingerprint density at radius 3 is 2.46 bits per heavy atom. The Morgan fingerprint density at radius 1 is 0.973 bits per heavy atom. The summed E-state index contributed by atoms with van der Waals surface area (Å²) in [5, 5.41) is 2.15. The minimum absolute atomic E-state index is 0.0588. The Balaban J connectivity index is 1.56. The fourth-order valence-electron chi connectivity index (χ4n) is 4.08. The van der Waals surface area contributed by atoms with Crippen LogP contribution >= 0.6 is 0 Å². The van der Waals surface area contributed by atoms with Gasteiger partial charge in [0.25, 0.3) is 5.91 Å². The maximum absolute atomic E-state index is 13.8. The summed E-state index contributed by atoms with van der Waals surface area (Å²) in [5.74, 6) is 0.360. The van der Waals surface area contributed by atoms with Crippen LogP contribution in [0.1, 0.15) is 40.4 Å². The highest BCUT2D eigenvalue weighted by atomic mass is 19.4. The molecule has 0 spiro atoms. The maximum atomic E-state index is 13.8. The molecule has 0 bridgehead atoms. The topological polar surface area (TPSA) is 111 Å². The van der Waals surface area contributed by atoms with Crippen LogP contribution in [0.4, 0.5) is 19.0 Å². The summed E-state index contributed by atoms with van der Waals surface area (Å²) in [6.07, 6.45) is 2.64. The van der Waals surface area contributed by atoms with Gasteiger partial charge in [-0.25, -0.2) is 15.0 Å². The molecule has 0 aliphatic heterocycles. The molecule has 1 atom stereocenters. The summed E-state index contributed by atoms with van der Waals surface area (Å²) in [4.78, 5) is 36.4. The van der Waals surface area contributed by atoms with Gasteiger partial charge in [0, 0.05) is 52.7 Å². The number of pyridine rings is 3. The van der Waals surface area contributed by atoms with Crippen molar-refractivity contribution in [2.24, 2.45) is 0 Å². The third-order valence-corrected chi connectivity index (χ3v) is 6.04. The molecule has 0 aliphatic rings. The van der Waals surface area contributed by atoms with Crippen molar-refractivity contribution in [3.63, 3.8) is 0 Å². The van der Waals surface area contributed by atoms with Gasteiger partial charge in [-0.1, -0.05) is 0 Å². The lowest BCUT2D eigenvalue weighted by atomic mass is 10.0. The fraction of sp³-hybridized carbons (Fsp3) is 0.154. The number of rotatable bonds is 5. The summed E-state index contributed by atoms with van der Waals surface area (Å²) >= 11 is 0. The van der Waals surface area contributed by atoms with Crippen LogP contribution in [0.3, 0.4) is 0 Å². The first kappa shape index (κ1) is 24.0. The molecule has 186 valence electrons. The van der Waals surface area contributed by atoms with E-state index in [0.717, 1.165) is 17.6 Å². The summed E-state index contributed by atoms with van der Waals surface area (Å²) in [5.41, 5.74) is 6.46. The summed E-state index contributed by atoms with van der Waals surface area (Å²) in [6, 6.07) is 10.0. The van der Waals surface area contributed by atoms with E-state index in [9.17, 15) is 18.0 Å². The van der Waals surface area contributed by atoms with E-state index in [0.29, 0.717) is 33.5 Å². The monoisotopic (exact) mass is 503 g/mol. The normalized spacial score (nSPS) is 12.5. The number of hydrogen-bond acceptors (Lipinski definition) is 7. The van der Waals surface area contributed by atoms with Crippen LogP contribution in [0.2, 0.25) is 0 Å². The first-order valence-electron chi connectivity index (χ1n) is 11.3. The van der Waals surface area contributed by atoms with Crippen LogP contribution < -0.4 is 5.73 Å². The van der Waals surface area contributed by atoms with Gasteiger partial charge < -0.3 is 10.6 Å². The molecular weight excluding hydrogens is 483 g/mol. The number of nitrogens with zero attached hydrogens (tertiary/aromatic N) is 6. The molecule has 8 nitrogen and oxygen atoms in total. The highest BCUT2D eigenvalue weighted by Crippen LogP contribution is 2.31. The van der Waals surface area contributed by atoms with E-state index < -0.39 is 17.8 Å².